The zero-order valence-corrected chi connectivity index (χ0v) is 17.4. The van der Waals surface area contributed by atoms with E-state index in [0.717, 1.165) is 40.1 Å². The van der Waals surface area contributed by atoms with Gasteiger partial charge in [0.15, 0.2) is 9.84 Å². The van der Waals surface area contributed by atoms with Gasteiger partial charge in [-0.1, -0.05) is 31.2 Å². The van der Waals surface area contributed by atoms with E-state index in [0.29, 0.717) is 23.8 Å². The average molecular weight is 423 g/mol. The smallest absolute Gasteiger partial charge is 0.328 e. The summed E-state index contributed by atoms with van der Waals surface area (Å²) in [7, 11) is -3.36. The predicted octanol–water partition coefficient (Wildman–Crippen LogP) is 3.69. The van der Waals surface area contributed by atoms with Crippen LogP contribution in [-0.2, 0) is 27.6 Å². The number of sulfone groups is 1. The number of nitrogens with zero attached hydrogens (tertiary/aromatic N) is 2. The first-order valence-electron chi connectivity index (χ1n) is 9.77. The first-order chi connectivity index (χ1) is 14.4. The van der Waals surface area contributed by atoms with Crippen molar-refractivity contribution in [2.75, 3.05) is 17.2 Å². The maximum absolute atomic E-state index is 12.7. The number of benzene rings is 2. The van der Waals surface area contributed by atoms with Gasteiger partial charge in [0.2, 0.25) is 0 Å². The third-order valence-electron chi connectivity index (χ3n) is 5.33. The van der Waals surface area contributed by atoms with Crippen LogP contribution < -0.4 is 4.90 Å². The van der Waals surface area contributed by atoms with Gasteiger partial charge in [-0.3, -0.25) is 0 Å². The molecule has 0 fully saturated rings. The number of carboxylic acids is 1. The van der Waals surface area contributed by atoms with Crippen molar-refractivity contribution >= 4 is 38.6 Å². The Morgan fingerprint density at radius 2 is 2.00 bits per heavy atom. The molecule has 0 bridgehead atoms. The van der Waals surface area contributed by atoms with Gasteiger partial charge in [0.05, 0.1) is 16.2 Å². The van der Waals surface area contributed by atoms with Gasteiger partial charge in [0.1, 0.15) is 5.82 Å². The number of hydrogen-bond acceptors (Lipinski definition) is 5. The second-order valence-corrected chi connectivity index (χ2v) is 9.37. The van der Waals surface area contributed by atoms with E-state index in [4.69, 9.17) is 10.1 Å². The van der Waals surface area contributed by atoms with Gasteiger partial charge in [-0.2, -0.15) is 0 Å². The molecule has 2 aromatic carbocycles. The molecular weight excluding hydrogens is 400 g/mol. The van der Waals surface area contributed by atoms with Crippen LogP contribution in [0.5, 0.6) is 0 Å². The van der Waals surface area contributed by atoms with Crippen LogP contribution in [0.4, 0.5) is 5.82 Å². The zero-order chi connectivity index (χ0) is 21.3. The Labute approximate surface area is 175 Å². The molecule has 0 spiro atoms. The van der Waals surface area contributed by atoms with Crippen LogP contribution in [-0.4, -0.2) is 36.8 Å². The lowest BCUT2D eigenvalue weighted by molar-refractivity contribution is -0.131. The fourth-order valence-electron chi connectivity index (χ4n) is 3.72. The number of aromatic nitrogens is 1. The second-order valence-electron chi connectivity index (χ2n) is 7.29. The van der Waals surface area contributed by atoms with Crippen LogP contribution in [0, 0.1) is 0 Å². The summed E-state index contributed by atoms with van der Waals surface area (Å²) < 4.78 is 25.3. The van der Waals surface area contributed by atoms with Crippen molar-refractivity contribution in [1.82, 2.24) is 4.98 Å². The monoisotopic (exact) mass is 422 g/mol. The molecule has 30 heavy (non-hydrogen) atoms. The van der Waals surface area contributed by atoms with Crippen molar-refractivity contribution in [3.8, 4) is 0 Å². The summed E-state index contributed by atoms with van der Waals surface area (Å²) in [6.45, 7) is 2.79. The minimum absolute atomic E-state index is 0.00119. The van der Waals surface area contributed by atoms with E-state index in [1.807, 2.05) is 41.3 Å². The third kappa shape index (κ3) is 3.93. The van der Waals surface area contributed by atoms with Gasteiger partial charge in [-0.25, -0.2) is 18.2 Å². The van der Waals surface area contributed by atoms with Crippen molar-refractivity contribution < 1.29 is 18.3 Å². The van der Waals surface area contributed by atoms with Crippen LogP contribution in [0.25, 0.3) is 17.0 Å². The molecule has 0 atom stereocenters. The summed E-state index contributed by atoms with van der Waals surface area (Å²) in [6, 6.07) is 14.8. The maximum Gasteiger partial charge on any atom is 0.328 e. The summed E-state index contributed by atoms with van der Waals surface area (Å²) >= 11 is 0. The number of anilines is 1. The van der Waals surface area contributed by atoms with Crippen LogP contribution in [0.2, 0.25) is 0 Å². The van der Waals surface area contributed by atoms with Crippen LogP contribution in [0.3, 0.4) is 0 Å². The van der Waals surface area contributed by atoms with Gasteiger partial charge in [0.25, 0.3) is 0 Å². The quantitative estimate of drug-likeness (QED) is 0.645. The van der Waals surface area contributed by atoms with Crippen molar-refractivity contribution in [2.45, 2.75) is 24.8 Å². The SMILES string of the molecule is CCc1ccc2nc(N3CCS(=O)(=O)c4ccccc4C3)cc(C=CC(=O)O)c2c1. The van der Waals surface area contributed by atoms with E-state index >= 15 is 0 Å². The summed E-state index contributed by atoms with van der Waals surface area (Å²) in [5.74, 6) is -0.398. The lowest BCUT2D eigenvalue weighted by atomic mass is 10.0. The predicted molar refractivity (Wildman–Crippen MR) is 117 cm³/mol. The standard InChI is InChI=1S/C23H22N2O4S/c1-2-16-7-9-20-19(13-16)17(8-10-23(26)27)14-22(24-20)25-11-12-30(28,29)21-6-4-3-5-18(21)15-25/h3-10,13-14H,2,11-12,15H2,1H3,(H,26,27). The van der Waals surface area contributed by atoms with Crippen molar-refractivity contribution in [2.24, 2.45) is 0 Å². The van der Waals surface area contributed by atoms with E-state index in [1.165, 1.54) is 0 Å². The Morgan fingerprint density at radius 1 is 1.20 bits per heavy atom. The molecule has 7 heteroatoms. The number of aliphatic carboxylic acids is 1. The normalized spacial score (nSPS) is 15.8. The zero-order valence-electron chi connectivity index (χ0n) is 16.6. The van der Waals surface area contributed by atoms with Crippen molar-refractivity contribution in [3.05, 3.63) is 71.3 Å². The first-order valence-corrected chi connectivity index (χ1v) is 11.4. The molecular formula is C23H22N2O4S. The van der Waals surface area contributed by atoms with E-state index in [1.54, 1.807) is 18.2 Å². The molecule has 0 aliphatic carbocycles. The highest BCUT2D eigenvalue weighted by atomic mass is 32.2. The largest absolute Gasteiger partial charge is 0.478 e. The summed E-state index contributed by atoms with van der Waals surface area (Å²) in [5.41, 5.74) is 3.36. The number of fused-ring (bicyclic) bond motifs is 2. The molecule has 4 rings (SSSR count). The van der Waals surface area contributed by atoms with Crippen LogP contribution in [0.1, 0.15) is 23.6 Å². The lowest BCUT2D eigenvalue weighted by Crippen LogP contribution is -2.26. The number of aryl methyl sites for hydroxylation is 1. The van der Waals surface area contributed by atoms with Crippen molar-refractivity contribution in [1.29, 1.82) is 0 Å². The molecule has 0 saturated heterocycles. The Kier molecular flexibility index (Phi) is 5.30. The molecule has 1 aromatic heterocycles. The molecule has 0 amide bonds. The molecule has 6 nitrogen and oxygen atoms in total. The summed E-state index contributed by atoms with van der Waals surface area (Å²) in [5, 5.41) is 9.96. The molecule has 1 aliphatic heterocycles. The second kappa shape index (κ2) is 7.91. The lowest BCUT2D eigenvalue weighted by Gasteiger charge is -2.22. The molecule has 1 aliphatic rings. The molecule has 0 unspecified atom stereocenters. The van der Waals surface area contributed by atoms with E-state index in [-0.39, 0.29) is 5.75 Å². The van der Waals surface area contributed by atoms with E-state index in [9.17, 15) is 13.2 Å². The molecule has 154 valence electrons. The Morgan fingerprint density at radius 3 is 2.77 bits per heavy atom. The number of hydrogen-bond donors (Lipinski definition) is 1. The maximum atomic E-state index is 12.7. The highest BCUT2D eigenvalue weighted by Gasteiger charge is 2.26. The van der Waals surface area contributed by atoms with Gasteiger partial charge in [0, 0.05) is 24.6 Å². The van der Waals surface area contributed by atoms with Crippen LogP contribution >= 0.6 is 0 Å². The van der Waals surface area contributed by atoms with Gasteiger partial charge >= 0.3 is 5.97 Å². The van der Waals surface area contributed by atoms with Gasteiger partial charge < -0.3 is 10.0 Å². The molecule has 2 heterocycles. The van der Waals surface area contributed by atoms with Crippen molar-refractivity contribution in [3.63, 3.8) is 0 Å². The highest BCUT2D eigenvalue weighted by Crippen LogP contribution is 2.29. The molecule has 3 aromatic rings. The number of carboxylic acid groups (broad SMARTS) is 1. The average Bonchev–Trinajstić information content (AvgIpc) is 2.87. The Balaban J connectivity index is 1.84. The van der Waals surface area contributed by atoms with E-state index < -0.39 is 15.8 Å². The Hall–Kier alpha value is -3.19. The van der Waals surface area contributed by atoms with Gasteiger partial charge in [-0.05, 0) is 53.5 Å². The van der Waals surface area contributed by atoms with Crippen LogP contribution in [0.15, 0.2) is 59.5 Å². The third-order valence-corrected chi connectivity index (χ3v) is 7.12. The fourth-order valence-corrected chi connectivity index (χ4v) is 5.22. The topological polar surface area (TPSA) is 87.6 Å². The molecule has 1 N–H and O–H groups in total. The minimum Gasteiger partial charge on any atom is -0.478 e. The molecule has 0 radical (unpaired) electrons. The summed E-state index contributed by atoms with van der Waals surface area (Å²) in [4.78, 5) is 18.2. The minimum atomic E-state index is -3.36. The number of carbonyl (C=O) groups is 1. The Bertz CT molecular complexity index is 1270. The first kappa shape index (κ1) is 20.1. The highest BCUT2D eigenvalue weighted by molar-refractivity contribution is 7.91. The number of rotatable bonds is 4. The number of pyridine rings is 1. The van der Waals surface area contributed by atoms with E-state index in [2.05, 4.69) is 6.92 Å². The fraction of sp³-hybridized carbons (Fsp3) is 0.217. The summed E-state index contributed by atoms with van der Waals surface area (Å²) in [6.07, 6.45) is 3.54. The molecule has 0 saturated carbocycles. The van der Waals surface area contributed by atoms with Gasteiger partial charge in [-0.15, -0.1) is 0 Å².